The summed E-state index contributed by atoms with van der Waals surface area (Å²) in [7, 11) is 0. The molecule has 2 heterocycles. The zero-order chi connectivity index (χ0) is 14.0. The Morgan fingerprint density at radius 2 is 1.89 bits per heavy atom. The number of hydrogen-bond acceptors (Lipinski definition) is 4. The van der Waals surface area contributed by atoms with Crippen LogP contribution in [0.15, 0.2) is 18.2 Å². The van der Waals surface area contributed by atoms with E-state index < -0.39 is 5.91 Å². The number of amides is 1. The maximum absolute atomic E-state index is 11.9. The molecule has 0 bridgehead atoms. The molecule has 2 aromatic heterocycles. The van der Waals surface area contributed by atoms with Crippen LogP contribution in [-0.4, -0.2) is 21.1 Å². The Morgan fingerprint density at radius 1 is 1.16 bits per heavy atom. The van der Waals surface area contributed by atoms with Crippen LogP contribution in [0.1, 0.15) is 16.1 Å². The number of aromatic nitrogens is 3. The van der Waals surface area contributed by atoms with Gasteiger partial charge in [0.15, 0.2) is 16.0 Å². The van der Waals surface area contributed by atoms with E-state index in [0.717, 1.165) is 0 Å². The summed E-state index contributed by atoms with van der Waals surface area (Å²) in [5.41, 5.74) is 1.20. The van der Waals surface area contributed by atoms with Crippen LogP contribution >= 0.6 is 34.8 Å². The zero-order valence-corrected chi connectivity index (χ0v) is 11.9. The molecular formula is C11H7Cl3N4O. The summed E-state index contributed by atoms with van der Waals surface area (Å²) in [6.45, 7) is 1.75. The van der Waals surface area contributed by atoms with Crippen molar-refractivity contribution in [2.45, 2.75) is 6.92 Å². The SMILES string of the molecule is Cc1cc(Cl)nc(Cl)c1NC(=O)c1ccc(Cl)nn1. The van der Waals surface area contributed by atoms with Crippen LogP contribution in [0.4, 0.5) is 5.69 Å². The van der Waals surface area contributed by atoms with Crippen molar-refractivity contribution in [3.8, 4) is 0 Å². The average molecular weight is 318 g/mol. The molecule has 0 saturated carbocycles. The third kappa shape index (κ3) is 3.32. The van der Waals surface area contributed by atoms with Gasteiger partial charge < -0.3 is 5.32 Å². The van der Waals surface area contributed by atoms with Crippen LogP contribution in [0.5, 0.6) is 0 Å². The number of hydrogen-bond donors (Lipinski definition) is 1. The van der Waals surface area contributed by atoms with E-state index in [-0.39, 0.29) is 21.2 Å². The highest BCUT2D eigenvalue weighted by Crippen LogP contribution is 2.26. The van der Waals surface area contributed by atoms with E-state index in [9.17, 15) is 4.79 Å². The number of halogens is 3. The van der Waals surface area contributed by atoms with Gasteiger partial charge in [-0.25, -0.2) is 4.98 Å². The topological polar surface area (TPSA) is 67.8 Å². The van der Waals surface area contributed by atoms with E-state index in [1.807, 2.05) is 0 Å². The van der Waals surface area contributed by atoms with Crippen LogP contribution in [0, 0.1) is 6.92 Å². The summed E-state index contributed by atoms with van der Waals surface area (Å²) in [5, 5.41) is 10.4. The normalized spacial score (nSPS) is 10.3. The molecule has 2 aromatic rings. The van der Waals surface area contributed by atoms with Gasteiger partial charge in [-0.05, 0) is 30.7 Å². The molecule has 5 nitrogen and oxygen atoms in total. The van der Waals surface area contributed by atoms with Crippen molar-refractivity contribution in [2.24, 2.45) is 0 Å². The van der Waals surface area contributed by atoms with Crippen LogP contribution in [0.2, 0.25) is 15.5 Å². The number of nitrogens with zero attached hydrogens (tertiary/aromatic N) is 3. The van der Waals surface area contributed by atoms with Crippen molar-refractivity contribution < 1.29 is 4.79 Å². The standard InChI is InChI=1S/C11H7Cl3N4O/c1-5-4-8(13)15-10(14)9(5)16-11(19)6-2-3-7(12)18-17-6/h2-4H,1H3,(H,16,19). The monoisotopic (exact) mass is 316 g/mol. The van der Waals surface area contributed by atoms with Gasteiger partial charge in [0.2, 0.25) is 0 Å². The number of aryl methyl sites for hydroxylation is 1. The Morgan fingerprint density at radius 3 is 2.47 bits per heavy atom. The Hall–Kier alpha value is -1.43. The second kappa shape index (κ2) is 5.69. The van der Waals surface area contributed by atoms with E-state index in [1.54, 1.807) is 13.0 Å². The largest absolute Gasteiger partial charge is 0.318 e. The third-order valence-corrected chi connectivity index (χ3v) is 2.91. The van der Waals surface area contributed by atoms with Crippen LogP contribution in [0.3, 0.4) is 0 Å². The first-order chi connectivity index (χ1) is 8.97. The third-order valence-electron chi connectivity index (χ3n) is 2.24. The predicted molar refractivity (Wildman–Crippen MR) is 74.0 cm³/mol. The van der Waals surface area contributed by atoms with Crippen LogP contribution in [0.25, 0.3) is 0 Å². The molecule has 19 heavy (non-hydrogen) atoms. The lowest BCUT2D eigenvalue weighted by Crippen LogP contribution is -2.15. The summed E-state index contributed by atoms with van der Waals surface area (Å²) in [6.07, 6.45) is 0. The molecule has 0 radical (unpaired) electrons. The van der Waals surface area contributed by atoms with Crippen molar-refractivity contribution in [3.05, 3.63) is 44.9 Å². The molecule has 0 aliphatic carbocycles. The summed E-state index contributed by atoms with van der Waals surface area (Å²) in [4.78, 5) is 15.8. The van der Waals surface area contributed by atoms with Crippen LogP contribution in [-0.2, 0) is 0 Å². The first-order valence-corrected chi connectivity index (χ1v) is 6.24. The predicted octanol–water partition coefficient (Wildman–Crippen LogP) is 3.39. The number of anilines is 1. The van der Waals surface area contributed by atoms with Crippen molar-refractivity contribution in [2.75, 3.05) is 5.32 Å². The molecule has 1 amide bonds. The molecule has 0 spiro atoms. The smallest absolute Gasteiger partial charge is 0.276 e. The first kappa shape index (κ1) is 14.0. The van der Waals surface area contributed by atoms with Gasteiger partial charge in [0, 0.05) is 0 Å². The van der Waals surface area contributed by atoms with Gasteiger partial charge in [0.05, 0.1) is 5.69 Å². The van der Waals surface area contributed by atoms with E-state index in [0.29, 0.717) is 11.3 Å². The molecule has 98 valence electrons. The highest BCUT2D eigenvalue weighted by Gasteiger charge is 2.14. The molecule has 0 aliphatic heterocycles. The Labute approximate surface area is 123 Å². The second-order valence-corrected chi connectivity index (χ2v) is 4.76. The van der Waals surface area contributed by atoms with Crippen molar-refractivity contribution in [1.29, 1.82) is 0 Å². The van der Waals surface area contributed by atoms with Gasteiger partial charge >= 0.3 is 0 Å². The molecule has 2 rings (SSSR count). The molecule has 1 N–H and O–H groups in total. The Kier molecular flexibility index (Phi) is 4.19. The van der Waals surface area contributed by atoms with Gasteiger partial charge in [-0.2, -0.15) is 0 Å². The molecule has 0 fully saturated rings. The molecule has 8 heteroatoms. The highest BCUT2D eigenvalue weighted by molar-refractivity contribution is 6.35. The number of nitrogens with one attached hydrogen (secondary N) is 1. The lowest BCUT2D eigenvalue weighted by atomic mass is 10.2. The zero-order valence-electron chi connectivity index (χ0n) is 9.62. The highest BCUT2D eigenvalue weighted by atomic mass is 35.5. The van der Waals surface area contributed by atoms with Crippen molar-refractivity contribution in [1.82, 2.24) is 15.2 Å². The number of rotatable bonds is 2. The van der Waals surface area contributed by atoms with Crippen LogP contribution < -0.4 is 5.32 Å². The van der Waals surface area contributed by atoms with E-state index >= 15 is 0 Å². The molecule has 0 saturated heterocycles. The number of pyridine rings is 1. The summed E-state index contributed by atoms with van der Waals surface area (Å²) in [5.74, 6) is -0.460. The lowest BCUT2D eigenvalue weighted by molar-refractivity contribution is 0.102. The van der Waals surface area contributed by atoms with E-state index in [4.69, 9.17) is 34.8 Å². The molecule has 0 aliphatic rings. The number of carbonyl (C=O) groups is 1. The minimum absolute atomic E-state index is 0.111. The Balaban J connectivity index is 2.26. The summed E-state index contributed by atoms with van der Waals surface area (Å²) in [6, 6.07) is 4.52. The fourth-order valence-corrected chi connectivity index (χ4v) is 2.04. The summed E-state index contributed by atoms with van der Waals surface area (Å²) >= 11 is 17.3. The molecule has 0 atom stereocenters. The van der Waals surface area contributed by atoms with Gasteiger partial charge in [-0.3, -0.25) is 4.79 Å². The fraction of sp³-hybridized carbons (Fsp3) is 0.0909. The molecular weight excluding hydrogens is 311 g/mol. The maximum Gasteiger partial charge on any atom is 0.276 e. The fourth-order valence-electron chi connectivity index (χ4n) is 1.36. The second-order valence-electron chi connectivity index (χ2n) is 3.62. The quantitative estimate of drug-likeness (QED) is 0.862. The Bertz CT molecular complexity index is 607. The van der Waals surface area contributed by atoms with Gasteiger partial charge in [0.25, 0.3) is 5.91 Å². The van der Waals surface area contributed by atoms with Gasteiger partial charge in [-0.1, -0.05) is 34.8 Å². The first-order valence-electron chi connectivity index (χ1n) is 5.10. The molecule has 0 unspecified atom stereocenters. The minimum atomic E-state index is -0.460. The maximum atomic E-state index is 11.9. The van der Waals surface area contributed by atoms with Gasteiger partial charge in [0.1, 0.15) is 5.15 Å². The lowest BCUT2D eigenvalue weighted by Gasteiger charge is -2.09. The molecule has 0 aromatic carbocycles. The van der Waals surface area contributed by atoms with Crippen molar-refractivity contribution >= 4 is 46.4 Å². The minimum Gasteiger partial charge on any atom is -0.318 e. The van der Waals surface area contributed by atoms with E-state index in [1.165, 1.54) is 12.1 Å². The summed E-state index contributed by atoms with van der Waals surface area (Å²) < 4.78 is 0. The van der Waals surface area contributed by atoms with E-state index in [2.05, 4.69) is 20.5 Å². The van der Waals surface area contributed by atoms with Crippen molar-refractivity contribution in [3.63, 3.8) is 0 Å². The number of carbonyl (C=O) groups excluding carboxylic acids is 1. The average Bonchev–Trinajstić information content (AvgIpc) is 2.34. The van der Waals surface area contributed by atoms with Gasteiger partial charge in [-0.15, -0.1) is 10.2 Å².